The van der Waals surface area contributed by atoms with Crippen molar-refractivity contribution in [1.29, 1.82) is 0 Å². The Labute approximate surface area is 138 Å². The van der Waals surface area contributed by atoms with E-state index < -0.39 is 0 Å². The molecule has 1 unspecified atom stereocenters. The van der Waals surface area contributed by atoms with Crippen LogP contribution in [0.5, 0.6) is 11.5 Å². The Kier molecular flexibility index (Phi) is 4.66. The van der Waals surface area contributed by atoms with Gasteiger partial charge >= 0.3 is 0 Å². The van der Waals surface area contributed by atoms with Gasteiger partial charge in [-0.3, -0.25) is 9.78 Å². The standard InChI is InChI=1S/C16H17N3O3S/c1-21-13-4-3-11(9-14(13)22-2)16-19(7-8-23-16)15(20)12-10-17-5-6-18-12/h3-6,9-10,16H,7-8H2,1-2H3. The lowest BCUT2D eigenvalue weighted by atomic mass is 10.1. The van der Waals surface area contributed by atoms with Crippen molar-refractivity contribution < 1.29 is 14.3 Å². The van der Waals surface area contributed by atoms with Crippen LogP contribution in [0, 0.1) is 0 Å². The van der Waals surface area contributed by atoms with Crippen LogP contribution >= 0.6 is 11.8 Å². The molecule has 3 rings (SSSR count). The molecule has 0 aliphatic carbocycles. The first-order chi connectivity index (χ1) is 11.2. The highest BCUT2D eigenvalue weighted by molar-refractivity contribution is 7.99. The number of amides is 1. The zero-order valence-corrected chi connectivity index (χ0v) is 13.7. The average molecular weight is 331 g/mol. The van der Waals surface area contributed by atoms with E-state index in [1.54, 1.807) is 32.2 Å². The van der Waals surface area contributed by atoms with Gasteiger partial charge in [0.1, 0.15) is 11.1 Å². The Bertz CT molecular complexity index is 696. The number of methoxy groups -OCH3 is 2. The summed E-state index contributed by atoms with van der Waals surface area (Å²) in [5.41, 5.74) is 1.36. The van der Waals surface area contributed by atoms with Crippen molar-refractivity contribution in [3.05, 3.63) is 48.0 Å². The molecule has 1 amide bonds. The molecule has 1 aliphatic heterocycles. The van der Waals surface area contributed by atoms with E-state index in [-0.39, 0.29) is 11.3 Å². The second-order valence-electron chi connectivity index (χ2n) is 4.93. The number of hydrogen-bond acceptors (Lipinski definition) is 6. The third kappa shape index (κ3) is 3.10. The van der Waals surface area contributed by atoms with E-state index in [2.05, 4.69) is 9.97 Å². The van der Waals surface area contributed by atoms with Gasteiger partial charge < -0.3 is 14.4 Å². The fourth-order valence-corrected chi connectivity index (χ4v) is 3.76. The highest BCUT2D eigenvalue weighted by atomic mass is 32.2. The number of benzene rings is 1. The van der Waals surface area contributed by atoms with Gasteiger partial charge in [-0.15, -0.1) is 11.8 Å². The Morgan fingerprint density at radius 1 is 1.26 bits per heavy atom. The lowest BCUT2D eigenvalue weighted by molar-refractivity contribution is 0.0753. The normalized spacial score (nSPS) is 17.1. The third-order valence-electron chi connectivity index (χ3n) is 3.63. The number of hydrogen-bond donors (Lipinski definition) is 0. The molecule has 0 saturated carbocycles. The van der Waals surface area contributed by atoms with E-state index in [1.807, 2.05) is 23.1 Å². The van der Waals surface area contributed by atoms with Gasteiger partial charge in [0, 0.05) is 24.7 Å². The lowest BCUT2D eigenvalue weighted by Gasteiger charge is -2.24. The maximum Gasteiger partial charge on any atom is 0.275 e. The van der Waals surface area contributed by atoms with E-state index in [0.717, 1.165) is 11.3 Å². The monoisotopic (exact) mass is 331 g/mol. The maximum atomic E-state index is 12.7. The second-order valence-corrected chi connectivity index (χ2v) is 6.11. The van der Waals surface area contributed by atoms with Crippen LogP contribution in [0.3, 0.4) is 0 Å². The Morgan fingerprint density at radius 3 is 2.78 bits per heavy atom. The number of aromatic nitrogens is 2. The van der Waals surface area contributed by atoms with Crippen molar-refractivity contribution in [2.75, 3.05) is 26.5 Å². The largest absolute Gasteiger partial charge is 0.493 e. The molecular weight excluding hydrogens is 314 g/mol. The highest BCUT2D eigenvalue weighted by Crippen LogP contribution is 2.41. The summed E-state index contributed by atoms with van der Waals surface area (Å²) < 4.78 is 10.6. The molecule has 1 aliphatic rings. The quantitative estimate of drug-likeness (QED) is 0.857. The number of nitrogens with zero attached hydrogens (tertiary/aromatic N) is 3. The summed E-state index contributed by atoms with van der Waals surface area (Å²) in [5.74, 6) is 2.10. The van der Waals surface area contributed by atoms with Crippen molar-refractivity contribution >= 4 is 17.7 Å². The van der Waals surface area contributed by atoms with E-state index in [4.69, 9.17) is 9.47 Å². The number of thioether (sulfide) groups is 1. The molecule has 0 N–H and O–H groups in total. The van der Waals surface area contributed by atoms with Crippen molar-refractivity contribution in [3.8, 4) is 11.5 Å². The predicted molar refractivity (Wildman–Crippen MR) is 87.8 cm³/mol. The van der Waals surface area contributed by atoms with Crippen molar-refractivity contribution in [2.45, 2.75) is 5.37 Å². The summed E-state index contributed by atoms with van der Waals surface area (Å²) in [6.45, 7) is 0.680. The minimum absolute atomic E-state index is 0.0655. The van der Waals surface area contributed by atoms with Gasteiger partial charge in [0.25, 0.3) is 5.91 Å². The van der Waals surface area contributed by atoms with Gasteiger partial charge in [-0.25, -0.2) is 4.98 Å². The molecule has 1 fully saturated rings. The number of carbonyl (C=O) groups is 1. The number of rotatable bonds is 4. The minimum Gasteiger partial charge on any atom is -0.493 e. The number of carbonyl (C=O) groups excluding carboxylic acids is 1. The van der Waals surface area contributed by atoms with E-state index in [1.165, 1.54) is 12.4 Å². The molecule has 23 heavy (non-hydrogen) atoms. The highest BCUT2D eigenvalue weighted by Gasteiger charge is 2.32. The van der Waals surface area contributed by atoms with Crippen LogP contribution in [0.2, 0.25) is 0 Å². The molecule has 6 nitrogen and oxygen atoms in total. The molecule has 1 atom stereocenters. The first-order valence-corrected chi connectivity index (χ1v) is 8.20. The third-order valence-corrected chi connectivity index (χ3v) is 4.89. The smallest absolute Gasteiger partial charge is 0.275 e. The van der Waals surface area contributed by atoms with E-state index in [9.17, 15) is 4.79 Å². The Hall–Kier alpha value is -2.28. The molecule has 120 valence electrons. The van der Waals surface area contributed by atoms with E-state index >= 15 is 0 Å². The fourth-order valence-electron chi connectivity index (χ4n) is 2.52. The molecule has 1 aromatic heterocycles. The zero-order chi connectivity index (χ0) is 16.2. The van der Waals surface area contributed by atoms with Gasteiger partial charge in [-0.2, -0.15) is 0 Å². The molecule has 1 aromatic carbocycles. The summed E-state index contributed by atoms with van der Waals surface area (Å²) in [7, 11) is 3.21. The van der Waals surface area contributed by atoms with Crippen LogP contribution in [0.25, 0.3) is 0 Å². The first-order valence-electron chi connectivity index (χ1n) is 7.15. The van der Waals surface area contributed by atoms with Gasteiger partial charge in [-0.05, 0) is 17.7 Å². The lowest BCUT2D eigenvalue weighted by Crippen LogP contribution is -2.31. The zero-order valence-electron chi connectivity index (χ0n) is 12.9. The molecule has 7 heteroatoms. The topological polar surface area (TPSA) is 64.5 Å². The Balaban J connectivity index is 1.88. The van der Waals surface area contributed by atoms with E-state index in [0.29, 0.717) is 23.7 Å². The summed E-state index contributed by atoms with van der Waals surface area (Å²) in [6, 6.07) is 5.73. The first kappa shape index (κ1) is 15.6. The summed E-state index contributed by atoms with van der Waals surface area (Å²) in [5, 5.41) is -0.0655. The maximum absolute atomic E-state index is 12.7. The van der Waals surface area contributed by atoms with Crippen LogP contribution in [-0.4, -0.2) is 47.3 Å². The fraction of sp³-hybridized carbons (Fsp3) is 0.312. The van der Waals surface area contributed by atoms with Crippen LogP contribution < -0.4 is 9.47 Å². The Morgan fingerprint density at radius 2 is 2.09 bits per heavy atom. The molecule has 2 aromatic rings. The number of ether oxygens (including phenoxy) is 2. The van der Waals surface area contributed by atoms with Crippen molar-refractivity contribution in [1.82, 2.24) is 14.9 Å². The second kappa shape index (κ2) is 6.87. The predicted octanol–water partition coefficient (Wildman–Crippen LogP) is 2.38. The van der Waals surface area contributed by atoms with Gasteiger partial charge in [0.2, 0.25) is 0 Å². The average Bonchev–Trinajstić information content (AvgIpc) is 3.10. The van der Waals surface area contributed by atoms with Crippen LogP contribution in [-0.2, 0) is 0 Å². The molecule has 0 spiro atoms. The van der Waals surface area contributed by atoms with Gasteiger partial charge in [0.05, 0.1) is 20.4 Å². The summed E-state index contributed by atoms with van der Waals surface area (Å²) >= 11 is 1.72. The molecule has 1 saturated heterocycles. The SMILES string of the molecule is COc1ccc(C2SCCN2C(=O)c2cnccn2)cc1OC. The van der Waals surface area contributed by atoms with Crippen LogP contribution in [0.4, 0.5) is 0 Å². The van der Waals surface area contributed by atoms with Crippen molar-refractivity contribution in [3.63, 3.8) is 0 Å². The van der Waals surface area contributed by atoms with Crippen LogP contribution in [0.1, 0.15) is 21.4 Å². The van der Waals surface area contributed by atoms with Gasteiger partial charge in [0.15, 0.2) is 11.5 Å². The minimum atomic E-state index is -0.108. The van der Waals surface area contributed by atoms with Crippen LogP contribution in [0.15, 0.2) is 36.8 Å². The van der Waals surface area contributed by atoms with Crippen molar-refractivity contribution in [2.24, 2.45) is 0 Å². The molecule has 2 heterocycles. The molecular formula is C16H17N3O3S. The summed E-state index contributed by atoms with van der Waals surface area (Å²) in [4.78, 5) is 22.6. The molecule has 0 radical (unpaired) electrons. The van der Waals surface area contributed by atoms with Gasteiger partial charge in [-0.1, -0.05) is 6.07 Å². The summed E-state index contributed by atoms with van der Waals surface area (Å²) in [6.07, 6.45) is 4.58. The molecule has 0 bridgehead atoms.